The molecular weight excluding hydrogens is 286 g/mol. The van der Waals surface area contributed by atoms with Crippen molar-refractivity contribution < 1.29 is 0 Å². The van der Waals surface area contributed by atoms with Crippen LogP contribution in [-0.2, 0) is 13.6 Å². The first-order chi connectivity index (χ1) is 11.3. The molecule has 3 aromatic rings. The minimum absolute atomic E-state index is 0.597. The highest BCUT2D eigenvalue weighted by atomic mass is 15.3. The Labute approximate surface area is 136 Å². The third-order valence-corrected chi connectivity index (χ3v) is 4.52. The fourth-order valence-electron chi connectivity index (χ4n) is 3.30. The van der Waals surface area contributed by atoms with E-state index in [9.17, 15) is 0 Å². The number of likely N-dealkylation sites (tertiary alicyclic amines) is 1. The average Bonchev–Trinajstić information content (AvgIpc) is 3.29. The quantitative estimate of drug-likeness (QED) is 0.744. The zero-order valence-electron chi connectivity index (χ0n) is 13.3. The lowest BCUT2D eigenvalue weighted by atomic mass is 10.0. The summed E-state index contributed by atoms with van der Waals surface area (Å²) in [6, 6.07) is 12.4. The summed E-state index contributed by atoms with van der Waals surface area (Å²) < 4.78 is 3.84. The number of aromatic nitrogens is 4. The van der Waals surface area contributed by atoms with Gasteiger partial charge in [-0.3, -0.25) is 9.58 Å². The van der Waals surface area contributed by atoms with Crippen LogP contribution in [-0.4, -0.2) is 37.6 Å². The van der Waals surface area contributed by atoms with Gasteiger partial charge in [-0.25, -0.2) is 4.68 Å². The number of rotatable bonds is 4. The van der Waals surface area contributed by atoms with E-state index in [4.69, 9.17) is 5.10 Å². The average molecular weight is 307 g/mol. The molecule has 0 N–H and O–H groups in total. The third kappa shape index (κ3) is 3.05. The second-order valence-electron chi connectivity index (χ2n) is 6.26. The summed E-state index contributed by atoms with van der Waals surface area (Å²) in [6.45, 7) is 3.12. The first-order valence-corrected chi connectivity index (χ1v) is 8.09. The molecule has 4 rings (SSSR count). The lowest BCUT2D eigenvalue weighted by Gasteiger charge is -2.13. The highest BCUT2D eigenvalue weighted by Gasteiger charge is 2.25. The van der Waals surface area contributed by atoms with Crippen molar-refractivity contribution in [3.63, 3.8) is 0 Å². The van der Waals surface area contributed by atoms with Crippen LogP contribution >= 0.6 is 0 Å². The molecule has 1 saturated heterocycles. The first kappa shape index (κ1) is 14.2. The summed E-state index contributed by atoms with van der Waals surface area (Å²) >= 11 is 0. The number of hydrogen-bond acceptors (Lipinski definition) is 3. The smallest absolute Gasteiger partial charge is 0.0769 e. The maximum absolute atomic E-state index is 4.70. The Morgan fingerprint density at radius 2 is 2.04 bits per heavy atom. The van der Waals surface area contributed by atoms with E-state index in [0.717, 1.165) is 31.0 Å². The Morgan fingerprint density at radius 3 is 2.83 bits per heavy atom. The second-order valence-corrected chi connectivity index (χ2v) is 6.26. The van der Waals surface area contributed by atoms with Gasteiger partial charge in [0.15, 0.2) is 0 Å². The summed E-state index contributed by atoms with van der Waals surface area (Å²) in [6.07, 6.45) is 7.38. The summed E-state index contributed by atoms with van der Waals surface area (Å²) in [5, 5.41) is 8.99. The Kier molecular flexibility index (Phi) is 3.71. The standard InChI is InChI=1S/C18H21N5/c1-21-12-16(11-19-21)15-7-9-22(13-15)14-17-8-10-23(20-17)18-5-3-2-4-6-18/h2-6,8,10-12,15H,7,9,13-14H2,1H3. The molecule has 0 spiro atoms. The zero-order valence-corrected chi connectivity index (χ0v) is 13.3. The number of para-hydroxylation sites is 1. The molecule has 0 aliphatic carbocycles. The molecule has 1 atom stereocenters. The highest BCUT2D eigenvalue weighted by Crippen LogP contribution is 2.27. The largest absolute Gasteiger partial charge is 0.297 e. The Bertz CT molecular complexity index is 774. The molecular formula is C18H21N5. The maximum Gasteiger partial charge on any atom is 0.0769 e. The summed E-state index contributed by atoms with van der Waals surface area (Å²) in [5.74, 6) is 0.597. The van der Waals surface area contributed by atoms with Crippen molar-refractivity contribution in [3.8, 4) is 5.69 Å². The van der Waals surface area contributed by atoms with Gasteiger partial charge in [0.2, 0.25) is 0 Å². The van der Waals surface area contributed by atoms with Crippen LogP contribution in [0, 0.1) is 0 Å². The minimum Gasteiger partial charge on any atom is -0.297 e. The number of nitrogens with zero attached hydrogens (tertiary/aromatic N) is 5. The van der Waals surface area contributed by atoms with E-state index in [1.165, 1.54) is 12.0 Å². The van der Waals surface area contributed by atoms with E-state index < -0.39 is 0 Å². The molecule has 118 valence electrons. The van der Waals surface area contributed by atoms with Crippen molar-refractivity contribution >= 4 is 0 Å². The predicted octanol–water partition coefficient (Wildman–Crippen LogP) is 2.60. The first-order valence-electron chi connectivity index (χ1n) is 8.09. The van der Waals surface area contributed by atoms with Crippen molar-refractivity contribution in [2.24, 2.45) is 7.05 Å². The summed E-state index contributed by atoms with van der Waals surface area (Å²) in [5.41, 5.74) is 3.58. The van der Waals surface area contributed by atoms with E-state index in [-0.39, 0.29) is 0 Å². The van der Waals surface area contributed by atoms with E-state index >= 15 is 0 Å². The predicted molar refractivity (Wildman–Crippen MR) is 89.4 cm³/mol. The Morgan fingerprint density at radius 1 is 1.17 bits per heavy atom. The van der Waals surface area contributed by atoms with Crippen LogP contribution in [0.3, 0.4) is 0 Å². The lowest BCUT2D eigenvalue weighted by Crippen LogP contribution is -2.20. The molecule has 0 radical (unpaired) electrons. The van der Waals surface area contributed by atoms with Gasteiger partial charge in [0.25, 0.3) is 0 Å². The molecule has 0 amide bonds. The molecule has 1 aliphatic heterocycles. The molecule has 1 aromatic carbocycles. The van der Waals surface area contributed by atoms with Crippen molar-refractivity contribution in [3.05, 3.63) is 66.2 Å². The van der Waals surface area contributed by atoms with E-state index in [1.54, 1.807) is 0 Å². The van der Waals surface area contributed by atoms with Crippen LogP contribution in [0.1, 0.15) is 23.6 Å². The molecule has 5 heteroatoms. The zero-order chi connectivity index (χ0) is 15.6. The number of benzene rings is 1. The fraction of sp³-hybridized carbons (Fsp3) is 0.333. The molecule has 1 unspecified atom stereocenters. The third-order valence-electron chi connectivity index (χ3n) is 4.52. The van der Waals surface area contributed by atoms with Crippen LogP contribution in [0.15, 0.2) is 55.0 Å². The van der Waals surface area contributed by atoms with E-state index in [0.29, 0.717) is 5.92 Å². The van der Waals surface area contributed by atoms with Gasteiger partial charge in [0.05, 0.1) is 17.6 Å². The van der Waals surface area contributed by atoms with Crippen molar-refractivity contribution in [1.29, 1.82) is 0 Å². The number of aryl methyl sites for hydroxylation is 1. The SMILES string of the molecule is Cn1cc(C2CCN(Cc3ccn(-c4ccccc4)n3)C2)cn1. The second kappa shape index (κ2) is 6.01. The molecule has 1 fully saturated rings. The van der Waals surface area contributed by atoms with Crippen LogP contribution < -0.4 is 0 Å². The van der Waals surface area contributed by atoms with Gasteiger partial charge >= 0.3 is 0 Å². The topological polar surface area (TPSA) is 38.9 Å². The molecule has 23 heavy (non-hydrogen) atoms. The van der Waals surface area contributed by atoms with Crippen molar-refractivity contribution in [2.45, 2.75) is 18.9 Å². The normalized spacial score (nSPS) is 18.6. The van der Waals surface area contributed by atoms with Gasteiger partial charge in [-0.2, -0.15) is 10.2 Å². The lowest BCUT2D eigenvalue weighted by molar-refractivity contribution is 0.322. The van der Waals surface area contributed by atoms with Gasteiger partial charge in [0.1, 0.15) is 0 Å². The van der Waals surface area contributed by atoms with Crippen LogP contribution in [0.4, 0.5) is 0 Å². The molecule has 1 aliphatic rings. The minimum atomic E-state index is 0.597. The summed E-state index contributed by atoms with van der Waals surface area (Å²) in [4.78, 5) is 2.48. The number of hydrogen-bond donors (Lipinski definition) is 0. The molecule has 0 saturated carbocycles. The van der Waals surface area contributed by atoms with Gasteiger partial charge < -0.3 is 0 Å². The highest BCUT2D eigenvalue weighted by molar-refractivity contribution is 5.30. The van der Waals surface area contributed by atoms with Crippen LogP contribution in [0.25, 0.3) is 5.69 Å². The fourth-order valence-corrected chi connectivity index (χ4v) is 3.30. The van der Waals surface area contributed by atoms with Crippen molar-refractivity contribution in [1.82, 2.24) is 24.5 Å². The van der Waals surface area contributed by atoms with E-state index in [2.05, 4.69) is 34.4 Å². The molecule has 3 heterocycles. The molecule has 0 bridgehead atoms. The monoisotopic (exact) mass is 307 g/mol. The molecule has 2 aromatic heterocycles. The van der Waals surface area contributed by atoms with Gasteiger partial charge in [0, 0.05) is 38.4 Å². The van der Waals surface area contributed by atoms with Gasteiger partial charge in [-0.05, 0) is 36.7 Å². The molecule has 5 nitrogen and oxygen atoms in total. The maximum atomic E-state index is 4.70. The van der Waals surface area contributed by atoms with Crippen molar-refractivity contribution in [2.75, 3.05) is 13.1 Å². The Hall–Kier alpha value is -2.40. The van der Waals surface area contributed by atoms with Gasteiger partial charge in [-0.1, -0.05) is 18.2 Å². The van der Waals surface area contributed by atoms with Crippen LogP contribution in [0.5, 0.6) is 0 Å². The van der Waals surface area contributed by atoms with Gasteiger partial charge in [-0.15, -0.1) is 0 Å². The summed E-state index contributed by atoms with van der Waals surface area (Å²) in [7, 11) is 1.98. The van der Waals surface area contributed by atoms with E-state index in [1.807, 2.05) is 47.0 Å². The van der Waals surface area contributed by atoms with Crippen LogP contribution in [0.2, 0.25) is 0 Å². The Balaban J connectivity index is 1.41.